The van der Waals surface area contributed by atoms with Gasteiger partial charge < -0.3 is 10.6 Å². The predicted octanol–water partition coefficient (Wildman–Crippen LogP) is 2.93. The topological polar surface area (TPSA) is 75.3 Å². The monoisotopic (exact) mass is 342 g/mol. The van der Waals surface area contributed by atoms with E-state index in [1.54, 1.807) is 43.3 Å². The van der Waals surface area contributed by atoms with Crippen molar-refractivity contribution >= 4 is 23.3 Å². The van der Waals surface area contributed by atoms with Gasteiger partial charge in [-0.2, -0.15) is 0 Å². The summed E-state index contributed by atoms with van der Waals surface area (Å²) in [5, 5.41) is 5.09. The van der Waals surface area contributed by atoms with Crippen LogP contribution in [0.15, 0.2) is 54.6 Å². The van der Waals surface area contributed by atoms with E-state index >= 15 is 0 Å². The first kappa shape index (κ1) is 18.3. The molecule has 1 atom stereocenters. The Kier molecular flexibility index (Phi) is 6.39. The molecule has 130 valence electrons. The number of anilines is 1. The SMILES string of the molecule is C[C@@H](NC(=O)CCC(=O)Nc1cccc(F)c1)C(=O)c1ccccc1. The Morgan fingerprint density at radius 3 is 2.32 bits per heavy atom. The lowest BCUT2D eigenvalue weighted by Gasteiger charge is -2.13. The van der Waals surface area contributed by atoms with Crippen molar-refractivity contribution in [1.29, 1.82) is 0 Å². The van der Waals surface area contributed by atoms with Gasteiger partial charge in [0.05, 0.1) is 6.04 Å². The van der Waals surface area contributed by atoms with Crippen LogP contribution in [0.25, 0.3) is 0 Å². The second-order valence-corrected chi connectivity index (χ2v) is 5.58. The first-order valence-electron chi connectivity index (χ1n) is 7.90. The molecule has 2 N–H and O–H groups in total. The number of ketones is 1. The smallest absolute Gasteiger partial charge is 0.224 e. The minimum atomic E-state index is -0.679. The van der Waals surface area contributed by atoms with E-state index in [1.807, 2.05) is 0 Å². The quantitative estimate of drug-likeness (QED) is 0.760. The first-order chi connectivity index (χ1) is 12.0. The molecule has 2 aromatic rings. The fraction of sp³-hybridized carbons (Fsp3) is 0.211. The summed E-state index contributed by atoms with van der Waals surface area (Å²) in [5.74, 6) is -1.45. The summed E-state index contributed by atoms with van der Waals surface area (Å²) in [5.41, 5.74) is 0.845. The summed E-state index contributed by atoms with van der Waals surface area (Å²) in [4.78, 5) is 35.8. The van der Waals surface area contributed by atoms with Gasteiger partial charge in [-0.15, -0.1) is 0 Å². The molecule has 0 saturated carbocycles. The third-order valence-electron chi connectivity index (χ3n) is 3.52. The molecule has 0 aromatic heterocycles. The second kappa shape index (κ2) is 8.73. The molecule has 0 aliphatic rings. The van der Waals surface area contributed by atoms with Crippen LogP contribution < -0.4 is 10.6 Å². The van der Waals surface area contributed by atoms with Crippen molar-refractivity contribution in [2.45, 2.75) is 25.8 Å². The fourth-order valence-electron chi connectivity index (χ4n) is 2.25. The second-order valence-electron chi connectivity index (χ2n) is 5.58. The van der Waals surface area contributed by atoms with Crippen molar-refractivity contribution in [3.05, 3.63) is 66.0 Å². The zero-order valence-electron chi connectivity index (χ0n) is 13.8. The number of Topliss-reactive ketones (excluding diaryl/α,β-unsaturated/α-hetero) is 1. The lowest BCUT2D eigenvalue weighted by atomic mass is 10.1. The normalized spacial score (nSPS) is 11.4. The van der Waals surface area contributed by atoms with Gasteiger partial charge in [-0.05, 0) is 25.1 Å². The highest BCUT2D eigenvalue weighted by Crippen LogP contribution is 2.10. The Morgan fingerprint density at radius 2 is 1.64 bits per heavy atom. The van der Waals surface area contributed by atoms with Crippen molar-refractivity contribution in [3.8, 4) is 0 Å². The molecule has 0 bridgehead atoms. The highest BCUT2D eigenvalue weighted by atomic mass is 19.1. The number of amides is 2. The van der Waals surface area contributed by atoms with E-state index in [4.69, 9.17) is 0 Å². The Labute approximate surface area is 145 Å². The molecular formula is C19H19FN2O3. The van der Waals surface area contributed by atoms with Gasteiger partial charge in [0.1, 0.15) is 5.82 Å². The van der Waals surface area contributed by atoms with Crippen LogP contribution in [-0.2, 0) is 9.59 Å². The Balaban J connectivity index is 1.78. The molecule has 0 spiro atoms. The molecule has 0 radical (unpaired) electrons. The summed E-state index contributed by atoms with van der Waals surface area (Å²) >= 11 is 0. The van der Waals surface area contributed by atoms with Crippen molar-refractivity contribution in [1.82, 2.24) is 5.32 Å². The maximum atomic E-state index is 13.0. The summed E-state index contributed by atoms with van der Waals surface area (Å²) in [6.45, 7) is 1.60. The summed E-state index contributed by atoms with van der Waals surface area (Å²) in [7, 11) is 0. The maximum absolute atomic E-state index is 13.0. The Bertz CT molecular complexity index is 762. The molecular weight excluding hydrogens is 323 g/mol. The number of nitrogens with one attached hydrogen (secondary N) is 2. The predicted molar refractivity (Wildman–Crippen MR) is 92.6 cm³/mol. The fourth-order valence-corrected chi connectivity index (χ4v) is 2.25. The van der Waals surface area contributed by atoms with Gasteiger partial charge in [-0.25, -0.2) is 4.39 Å². The van der Waals surface area contributed by atoms with E-state index in [1.165, 1.54) is 18.2 Å². The number of carbonyl (C=O) groups is 3. The molecule has 0 saturated heterocycles. The largest absolute Gasteiger partial charge is 0.346 e. The molecule has 5 nitrogen and oxygen atoms in total. The van der Waals surface area contributed by atoms with Gasteiger partial charge in [0, 0.05) is 24.1 Å². The number of halogens is 1. The van der Waals surface area contributed by atoms with Crippen LogP contribution in [0.5, 0.6) is 0 Å². The maximum Gasteiger partial charge on any atom is 0.224 e. The van der Waals surface area contributed by atoms with Crippen LogP contribution in [0.4, 0.5) is 10.1 Å². The van der Waals surface area contributed by atoms with Gasteiger partial charge in [0.25, 0.3) is 0 Å². The van der Waals surface area contributed by atoms with Crippen molar-refractivity contribution in [3.63, 3.8) is 0 Å². The summed E-state index contributed by atoms with van der Waals surface area (Å²) < 4.78 is 13.0. The number of carbonyl (C=O) groups excluding carboxylic acids is 3. The van der Waals surface area contributed by atoms with Gasteiger partial charge in [0.15, 0.2) is 5.78 Å². The van der Waals surface area contributed by atoms with Gasteiger partial charge in [0.2, 0.25) is 11.8 Å². The third kappa shape index (κ3) is 5.84. The van der Waals surface area contributed by atoms with Crippen LogP contribution in [0, 0.1) is 5.82 Å². The average molecular weight is 342 g/mol. The number of rotatable bonds is 7. The van der Waals surface area contributed by atoms with Gasteiger partial charge in [-0.1, -0.05) is 36.4 Å². The highest BCUT2D eigenvalue weighted by Gasteiger charge is 2.17. The van der Waals surface area contributed by atoms with Crippen LogP contribution in [0.3, 0.4) is 0 Å². The van der Waals surface area contributed by atoms with E-state index in [2.05, 4.69) is 10.6 Å². The lowest BCUT2D eigenvalue weighted by molar-refractivity contribution is -0.124. The average Bonchev–Trinajstić information content (AvgIpc) is 2.60. The summed E-state index contributed by atoms with van der Waals surface area (Å²) in [6, 6.07) is 13.5. The van der Waals surface area contributed by atoms with E-state index in [0.717, 1.165) is 0 Å². The number of benzene rings is 2. The lowest BCUT2D eigenvalue weighted by Crippen LogP contribution is -2.38. The Morgan fingerprint density at radius 1 is 0.960 bits per heavy atom. The zero-order chi connectivity index (χ0) is 18.2. The molecule has 0 unspecified atom stereocenters. The number of hydrogen-bond donors (Lipinski definition) is 2. The van der Waals surface area contributed by atoms with Crippen LogP contribution >= 0.6 is 0 Å². The zero-order valence-corrected chi connectivity index (χ0v) is 13.8. The third-order valence-corrected chi connectivity index (χ3v) is 3.52. The van der Waals surface area contributed by atoms with E-state index in [9.17, 15) is 18.8 Å². The molecule has 25 heavy (non-hydrogen) atoms. The van der Waals surface area contributed by atoms with Crippen molar-refractivity contribution in [2.24, 2.45) is 0 Å². The Hall–Kier alpha value is -3.02. The molecule has 6 heteroatoms. The molecule has 0 aliphatic carbocycles. The standard InChI is InChI=1S/C19H19FN2O3/c1-13(19(25)14-6-3-2-4-7-14)21-17(23)10-11-18(24)22-16-9-5-8-15(20)12-16/h2-9,12-13H,10-11H2,1H3,(H,21,23)(H,22,24)/t13-/m1/s1. The molecule has 2 amide bonds. The van der Waals surface area contributed by atoms with E-state index in [0.29, 0.717) is 11.3 Å². The van der Waals surface area contributed by atoms with Crippen LogP contribution in [-0.4, -0.2) is 23.6 Å². The molecule has 2 aromatic carbocycles. The molecule has 0 heterocycles. The van der Waals surface area contributed by atoms with E-state index < -0.39 is 23.7 Å². The van der Waals surface area contributed by atoms with E-state index in [-0.39, 0.29) is 18.6 Å². The highest BCUT2D eigenvalue weighted by molar-refractivity contribution is 6.02. The van der Waals surface area contributed by atoms with Gasteiger partial charge >= 0.3 is 0 Å². The minimum absolute atomic E-state index is 0.0609. The van der Waals surface area contributed by atoms with Crippen LogP contribution in [0.1, 0.15) is 30.1 Å². The number of hydrogen-bond acceptors (Lipinski definition) is 3. The van der Waals surface area contributed by atoms with Crippen molar-refractivity contribution < 1.29 is 18.8 Å². The molecule has 0 aliphatic heterocycles. The minimum Gasteiger partial charge on any atom is -0.346 e. The molecule has 2 rings (SSSR count). The summed E-state index contributed by atoms with van der Waals surface area (Å²) in [6.07, 6.45) is -0.123. The van der Waals surface area contributed by atoms with Crippen molar-refractivity contribution in [2.75, 3.05) is 5.32 Å². The van der Waals surface area contributed by atoms with Gasteiger partial charge in [-0.3, -0.25) is 14.4 Å². The first-order valence-corrected chi connectivity index (χ1v) is 7.90. The van der Waals surface area contributed by atoms with Crippen LogP contribution in [0.2, 0.25) is 0 Å². The molecule has 0 fully saturated rings.